The zero-order valence-electron chi connectivity index (χ0n) is 12.9. The van der Waals surface area contributed by atoms with Crippen molar-refractivity contribution in [3.05, 3.63) is 21.6 Å². The van der Waals surface area contributed by atoms with Crippen molar-refractivity contribution in [2.24, 2.45) is 11.8 Å². The van der Waals surface area contributed by atoms with Crippen LogP contribution in [0, 0.1) is 11.8 Å². The maximum Gasteiger partial charge on any atom is 0.287 e. The first kappa shape index (κ1) is 17.0. The number of anilines is 1. The Morgan fingerprint density at radius 2 is 1.95 bits per heavy atom. The van der Waals surface area contributed by atoms with E-state index in [9.17, 15) is 4.79 Å². The van der Waals surface area contributed by atoms with Gasteiger partial charge in [0.1, 0.15) is 5.02 Å². The minimum absolute atomic E-state index is 0.215. The average molecular weight is 300 g/mol. The second-order valence-electron chi connectivity index (χ2n) is 6.07. The van der Waals surface area contributed by atoms with Gasteiger partial charge in [0.05, 0.1) is 11.9 Å². The van der Waals surface area contributed by atoms with Gasteiger partial charge in [-0.15, -0.1) is 0 Å². The van der Waals surface area contributed by atoms with Crippen molar-refractivity contribution in [2.45, 2.75) is 53.5 Å². The fourth-order valence-corrected chi connectivity index (χ4v) is 2.18. The summed E-state index contributed by atoms with van der Waals surface area (Å²) in [4.78, 5) is 12.0. The number of hydrogen-bond acceptors (Lipinski definition) is 3. The van der Waals surface area contributed by atoms with Gasteiger partial charge in [0.25, 0.3) is 5.56 Å². The monoisotopic (exact) mass is 299 g/mol. The van der Waals surface area contributed by atoms with Gasteiger partial charge in [0, 0.05) is 13.1 Å². The fraction of sp³-hybridized carbons (Fsp3) is 0.733. The highest BCUT2D eigenvalue weighted by Crippen LogP contribution is 2.16. The van der Waals surface area contributed by atoms with E-state index < -0.39 is 0 Å². The number of nitrogens with one attached hydrogen (secondary N) is 1. The topological polar surface area (TPSA) is 46.9 Å². The second kappa shape index (κ2) is 8.30. The van der Waals surface area contributed by atoms with E-state index in [-0.39, 0.29) is 10.6 Å². The van der Waals surface area contributed by atoms with Crippen LogP contribution in [0.1, 0.15) is 47.0 Å². The molecule has 4 nitrogen and oxygen atoms in total. The molecule has 1 heterocycles. The Kier molecular flexibility index (Phi) is 7.06. The minimum atomic E-state index is -0.215. The number of nitrogens with zero attached hydrogens (tertiary/aromatic N) is 2. The molecular weight excluding hydrogens is 274 g/mol. The van der Waals surface area contributed by atoms with Crippen LogP contribution in [0.25, 0.3) is 0 Å². The van der Waals surface area contributed by atoms with Gasteiger partial charge in [0.15, 0.2) is 0 Å². The molecule has 1 aromatic heterocycles. The van der Waals surface area contributed by atoms with Gasteiger partial charge >= 0.3 is 0 Å². The van der Waals surface area contributed by atoms with Crippen molar-refractivity contribution in [1.82, 2.24) is 9.78 Å². The van der Waals surface area contributed by atoms with Gasteiger partial charge < -0.3 is 5.32 Å². The Labute approximate surface area is 126 Å². The van der Waals surface area contributed by atoms with Crippen LogP contribution in [-0.4, -0.2) is 16.3 Å². The highest BCUT2D eigenvalue weighted by atomic mass is 35.5. The third kappa shape index (κ3) is 5.53. The first-order chi connectivity index (χ1) is 9.41. The normalized spacial score (nSPS) is 11.3. The molecule has 0 unspecified atom stereocenters. The highest BCUT2D eigenvalue weighted by Gasteiger charge is 2.09. The van der Waals surface area contributed by atoms with E-state index in [1.54, 1.807) is 6.20 Å². The lowest BCUT2D eigenvalue weighted by Gasteiger charge is -2.11. The van der Waals surface area contributed by atoms with E-state index in [2.05, 4.69) is 24.3 Å². The number of hydrogen-bond donors (Lipinski definition) is 1. The molecule has 1 aromatic rings. The van der Waals surface area contributed by atoms with Crippen molar-refractivity contribution in [1.29, 1.82) is 0 Å². The molecule has 20 heavy (non-hydrogen) atoms. The second-order valence-corrected chi connectivity index (χ2v) is 6.45. The minimum Gasteiger partial charge on any atom is -0.382 e. The zero-order valence-corrected chi connectivity index (χ0v) is 13.7. The van der Waals surface area contributed by atoms with E-state index in [0.29, 0.717) is 18.2 Å². The summed E-state index contributed by atoms with van der Waals surface area (Å²) >= 11 is 6.11. The van der Waals surface area contributed by atoms with Crippen molar-refractivity contribution < 1.29 is 0 Å². The van der Waals surface area contributed by atoms with Gasteiger partial charge in [0.2, 0.25) is 0 Å². The average Bonchev–Trinajstić information content (AvgIpc) is 2.36. The zero-order chi connectivity index (χ0) is 15.1. The third-order valence-electron chi connectivity index (χ3n) is 3.05. The lowest BCUT2D eigenvalue weighted by atomic mass is 10.1. The van der Waals surface area contributed by atoms with Crippen LogP contribution in [0.2, 0.25) is 5.02 Å². The van der Waals surface area contributed by atoms with Crippen molar-refractivity contribution >= 4 is 17.3 Å². The van der Waals surface area contributed by atoms with Crippen molar-refractivity contribution in [2.75, 3.05) is 11.9 Å². The summed E-state index contributed by atoms with van der Waals surface area (Å²) in [6.07, 6.45) is 5.13. The number of rotatable bonds is 8. The maximum absolute atomic E-state index is 12.0. The standard InChI is InChI=1S/C15H26ClN3O/c1-11(2)7-5-6-8-17-13-9-18-19(10-12(3)4)15(20)14(13)16/h9,11-12,17H,5-8,10H2,1-4H3. The molecule has 5 heteroatoms. The van der Waals surface area contributed by atoms with Crippen LogP contribution < -0.4 is 10.9 Å². The van der Waals surface area contributed by atoms with E-state index in [1.165, 1.54) is 17.5 Å². The Balaban J connectivity index is 2.55. The number of unbranched alkanes of at least 4 members (excludes halogenated alkanes) is 1. The number of halogens is 1. The van der Waals surface area contributed by atoms with Gasteiger partial charge in [-0.1, -0.05) is 52.1 Å². The van der Waals surface area contributed by atoms with E-state index in [1.807, 2.05) is 13.8 Å². The lowest BCUT2D eigenvalue weighted by Crippen LogP contribution is -2.26. The summed E-state index contributed by atoms with van der Waals surface area (Å²) in [5, 5.41) is 7.60. The fourth-order valence-electron chi connectivity index (χ4n) is 1.96. The van der Waals surface area contributed by atoms with E-state index in [0.717, 1.165) is 18.9 Å². The molecule has 0 aromatic carbocycles. The molecule has 0 atom stereocenters. The molecule has 0 fully saturated rings. The largest absolute Gasteiger partial charge is 0.382 e. The predicted octanol–water partition coefficient (Wildman–Crippen LogP) is 3.79. The molecule has 0 aliphatic heterocycles. The molecule has 1 rings (SSSR count). The van der Waals surface area contributed by atoms with Crippen LogP contribution in [0.15, 0.2) is 11.0 Å². The van der Waals surface area contributed by atoms with Gasteiger partial charge in [-0.2, -0.15) is 5.10 Å². The summed E-state index contributed by atoms with van der Waals surface area (Å²) < 4.78 is 1.43. The molecule has 0 saturated carbocycles. The summed E-state index contributed by atoms with van der Waals surface area (Å²) in [7, 11) is 0. The van der Waals surface area contributed by atoms with Gasteiger partial charge in [-0.05, 0) is 18.3 Å². The molecule has 0 amide bonds. The summed E-state index contributed by atoms with van der Waals surface area (Å²) in [6.45, 7) is 9.95. The van der Waals surface area contributed by atoms with Crippen LogP contribution in [0.4, 0.5) is 5.69 Å². The Bertz CT molecular complexity index is 469. The molecule has 0 aliphatic carbocycles. The molecule has 0 spiro atoms. The summed E-state index contributed by atoms with van der Waals surface area (Å²) in [6, 6.07) is 0. The van der Waals surface area contributed by atoms with Crippen LogP contribution in [0.3, 0.4) is 0 Å². The smallest absolute Gasteiger partial charge is 0.287 e. The first-order valence-corrected chi connectivity index (χ1v) is 7.79. The SMILES string of the molecule is CC(C)CCCCNc1cnn(CC(C)C)c(=O)c1Cl. The van der Waals surface area contributed by atoms with Crippen molar-refractivity contribution in [3.63, 3.8) is 0 Å². The Morgan fingerprint density at radius 1 is 1.25 bits per heavy atom. The molecule has 114 valence electrons. The third-order valence-corrected chi connectivity index (χ3v) is 3.41. The predicted molar refractivity (Wildman–Crippen MR) is 85.5 cm³/mol. The van der Waals surface area contributed by atoms with Crippen LogP contribution in [-0.2, 0) is 6.54 Å². The molecule has 0 saturated heterocycles. The molecule has 0 bridgehead atoms. The van der Waals surface area contributed by atoms with Gasteiger partial charge in [-0.25, -0.2) is 4.68 Å². The molecule has 0 radical (unpaired) electrons. The highest BCUT2D eigenvalue weighted by molar-refractivity contribution is 6.32. The summed E-state index contributed by atoms with van der Waals surface area (Å²) in [5.41, 5.74) is 0.425. The van der Waals surface area contributed by atoms with E-state index in [4.69, 9.17) is 11.6 Å². The van der Waals surface area contributed by atoms with Crippen LogP contribution >= 0.6 is 11.6 Å². The maximum atomic E-state index is 12.0. The van der Waals surface area contributed by atoms with Crippen molar-refractivity contribution in [3.8, 4) is 0 Å². The quantitative estimate of drug-likeness (QED) is 0.743. The Hall–Kier alpha value is -1.03. The van der Waals surface area contributed by atoms with Crippen LogP contribution in [0.5, 0.6) is 0 Å². The molecular formula is C15H26ClN3O. The summed E-state index contributed by atoms with van der Waals surface area (Å²) in [5.74, 6) is 1.10. The first-order valence-electron chi connectivity index (χ1n) is 7.41. The van der Waals surface area contributed by atoms with E-state index >= 15 is 0 Å². The Morgan fingerprint density at radius 3 is 2.55 bits per heavy atom. The molecule has 0 aliphatic rings. The van der Waals surface area contributed by atoms with Gasteiger partial charge in [-0.3, -0.25) is 4.79 Å². The number of aromatic nitrogens is 2. The lowest BCUT2D eigenvalue weighted by molar-refractivity contribution is 0.464. The molecule has 1 N–H and O–H groups in total.